The molecule has 0 saturated carbocycles. The van der Waals surface area contributed by atoms with E-state index in [-0.39, 0.29) is 0 Å². The highest BCUT2D eigenvalue weighted by molar-refractivity contribution is 5.31. The molecule has 0 fully saturated rings. The number of hydrogen-bond donors (Lipinski definition) is 1. The molecule has 0 aliphatic carbocycles. The van der Waals surface area contributed by atoms with Gasteiger partial charge in [0.1, 0.15) is 0 Å². The van der Waals surface area contributed by atoms with Crippen molar-refractivity contribution in [2.24, 2.45) is 5.92 Å². The Labute approximate surface area is 125 Å². The molecule has 0 aromatic heterocycles. The van der Waals surface area contributed by atoms with Crippen molar-refractivity contribution in [3.05, 3.63) is 34.9 Å². The molecule has 1 rings (SSSR count). The Hall–Kier alpha value is -0.860. The minimum Gasteiger partial charge on any atom is -0.309 e. The van der Waals surface area contributed by atoms with E-state index in [1.807, 2.05) is 0 Å². The lowest BCUT2D eigenvalue weighted by Crippen LogP contribution is -2.37. The quantitative estimate of drug-likeness (QED) is 0.774. The van der Waals surface area contributed by atoms with Crippen molar-refractivity contribution in [3.8, 4) is 0 Å². The van der Waals surface area contributed by atoms with Crippen LogP contribution in [0.1, 0.15) is 50.4 Å². The van der Waals surface area contributed by atoms with Crippen molar-refractivity contribution in [1.29, 1.82) is 0 Å². The van der Waals surface area contributed by atoms with E-state index in [0.717, 1.165) is 25.6 Å². The molecule has 1 aromatic carbocycles. The summed E-state index contributed by atoms with van der Waals surface area (Å²) >= 11 is 0. The van der Waals surface area contributed by atoms with Crippen LogP contribution in [-0.2, 0) is 0 Å². The van der Waals surface area contributed by atoms with Crippen molar-refractivity contribution in [3.63, 3.8) is 0 Å². The lowest BCUT2D eigenvalue weighted by Gasteiger charge is -2.29. The molecule has 0 amide bonds. The van der Waals surface area contributed by atoms with Crippen molar-refractivity contribution in [2.45, 2.75) is 47.6 Å². The molecule has 0 aliphatic rings. The minimum atomic E-state index is 0.429. The average Bonchev–Trinajstić information content (AvgIpc) is 2.40. The van der Waals surface area contributed by atoms with Gasteiger partial charge in [0.05, 0.1) is 0 Å². The molecule has 0 radical (unpaired) electrons. The molecule has 0 bridgehead atoms. The molecule has 114 valence electrons. The van der Waals surface area contributed by atoms with E-state index < -0.39 is 0 Å². The van der Waals surface area contributed by atoms with Gasteiger partial charge in [0.2, 0.25) is 0 Å². The fourth-order valence-corrected chi connectivity index (χ4v) is 2.62. The van der Waals surface area contributed by atoms with Crippen LogP contribution in [-0.4, -0.2) is 31.1 Å². The fraction of sp³-hybridized carbons (Fsp3) is 0.667. The Balaban J connectivity index is 2.83. The van der Waals surface area contributed by atoms with Crippen LogP contribution in [0.25, 0.3) is 0 Å². The normalized spacial score (nSPS) is 13.2. The number of nitrogens with zero attached hydrogens (tertiary/aromatic N) is 1. The zero-order valence-corrected chi connectivity index (χ0v) is 14.2. The van der Waals surface area contributed by atoms with E-state index in [4.69, 9.17) is 0 Å². The van der Waals surface area contributed by atoms with Gasteiger partial charge >= 0.3 is 0 Å². The number of rotatable bonds is 8. The standard InChI is InChI=1S/C18H32N2/c1-7-19-18(13-20(8-2)12-14(3)4)17-10-9-15(5)16(6)11-17/h9-11,14,18-19H,7-8,12-13H2,1-6H3. The highest BCUT2D eigenvalue weighted by Gasteiger charge is 2.15. The van der Waals surface area contributed by atoms with E-state index >= 15 is 0 Å². The second-order valence-electron chi connectivity index (χ2n) is 6.20. The summed E-state index contributed by atoms with van der Waals surface area (Å²) in [4.78, 5) is 2.55. The first kappa shape index (κ1) is 17.2. The summed E-state index contributed by atoms with van der Waals surface area (Å²) in [5.41, 5.74) is 4.17. The lowest BCUT2D eigenvalue weighted by molar-refractivity contribution is 0.229. The highest BCUT2D eigenvalue weighted by Crippen LogP contribution is 2.19. The molecular formula is C18H32N2. The summed E-state index contributed by atoms with van der Waals surface area (Å²) in [6.45, 7) is 17.8. The molecule has 2 heteroatoms. The molecule has 1 atom stereocenters. The summed E-state index contributed by atoms with van der Waals surface area (Å²) in [7, 11) is 0. The number of aryl methyl sites for hydroxylation is 2. The maximum absolute atomic E-state index is 3.64. The number of benzene rings is 1. The Morgan fingerprint density at radius 2 is 1.75 bits per heavy atom. The van der Waals surface area contributed by atoms with Gasteiger partial charge in [0.25, 0.3) is 0 Å². The third-order valence-electron chi connectivity index (χ3n) is 3.90. The van der Waals surface area contributed by atoms with Crippen LogP contribution >= 0.6 is 0 Å². The van der Waals surface area contributed by atoms with Gasteiger partial charge in [-0.05, 0) is 49.5 Å². The van der Waals surface area contributed by atoms with Crippen molar-refractivity contribution >= 4 is 0 Å². The molecule has 20 heavy (non-hydrogen) atoms. The van der Waals surface area contributed by atoms with Gasteiger partial charge in [0.15, 0.2) is 0 Å². The van der Waals surface area contributed by atoms with Gasteiger partial charge in [0, 0.05) is 19.1 Å². The minimum absolute atomic E-state index is 0.429. The maximum atomic E-state index is 3.64. The largest absolute Gasteiger partial charge is 0.309 e. The van der Waals surface area contributed by atoms with E-state index in [1.54, 1.807) is 0 Å². The van der Waals surface area contributed by atoms with Crippen LogP contribution in [0, 0.1) is 19.8 Å². The monoisotopic (exact) mass is 276 g/mol. The van der Waals surface area contributed by atoms with Crippen LogP contribution in [0.4, 0.5) is 0 Å². The molecule has 0 saturated heterocycles. The van der Waals surface area contributed by atoms with E-state index in [0.29, 0.717) is 6.04 Å². The SMILES string of the molecule is CCNC(CN(CC)CC(C)C)c1ccc(C)c(C)c1. The van der Waals surface area contributed by atoms with Gasteiger partial charge in [-0.3, -0.25) is 0 Å². The first-order valence-electron chi connectivity index (χ1n) is 8.00. The third kappa shape index (κ3) is 5.26. The van der Waals surface area contributed by atoms with Gasteiger partial charge < -0.3 is 10.2 Å². The third-order valence-corrected chi connectivity index (χ3v) is 3.90. The van der Waals surface area contributed by atoms with Gasteiger partial charge in [-0.15, -0.1) is 0 Å². The topological polar surface area (TPSA) is 15.3 Å². The van der Waals surface area contributed by atoms with Crippen LogP contribution in [0.3, 0.4) is 0 Å². The Morgan fingerprint density at radius 3 is 2.25 bits per heavy atom. The fourth-order valence-electron chi connectivity index (χ4n) is 2.62. The molecule has 2 nitrogen and oxygen atoms in total. The van der Waals surface area contributed by atoms with Gasteiger partial charge in [-0.25, -0.2) is 0 Å². The average molecular weight is 276 g/mol. The molecule has 1 N–H and O–H groups in total. The van der Waals surface area contributed by atoms with E-state index in [2.05, 4.69) is 70.0 Å². The Kier molecular flexibility index (Phi) is 7.25. The second kappa shape index (κ2) is 8.43. The zero-order chi connectivity index (χ0) is 15.1. The predicted octanol–water partition coefficient (Wildman–Crippen LogP) is 3.93. The smallest absolute Gasteiger partial charge is 0.0449 e. The first-order valence-corrected chi connectivity index (χ1v) is 8.00. The van der Waals surface area contributed by atoms with Crippen molar-refractivity contribution < 1.29 is 0 Å². The van der Waals surface area contributed by atoms with Crippen molar-refractivity contribution in [2.75, 3.05) is 26.2 Å². The number of nitrogens with one attached hydrogen (secondary N) is 1. The Bertz CT molecular complexity index is 398. The van der Waals surface area contributed by atoms with Gasteiger partial charge in [-0.1, -0.05) is 45.9 Å². The summed E-state index contributed by atoms with van der Waals surface area (Å²) < 4.78 is 0. The summed E-state index contributed by atoms with van der Waals surface area (Å²) in [5.74, 6) is 0.719. The van der Waals surface area contributed by atoms with Gasteiger partial charge in [-0.2, -0.15) is 0 Å². The highest BCUT2D eigenvalue weighted by atomic mass is 15.1. The lowest BCUT2D eigenvalue weighted by atomic mass is 10.00. The van der Waals surface area contributed by atoms with Crippen molar-refractivity contribution in [1.82, 2.24) is 10.2 Å². The molecular weight excluding hydrogens is 244 g/mol. The van der Waals surface area contributed by atoms with E-state index in [9.17, 15) is 0 Å². The summed E-state index contributed by atoms with van der Waals surface area (Å²) in [6, 6.07) is 7.29. The van der Waals surface area contributed by atoms with Crippen LogP contribution < -0.4 is 5.32 Å². The maximum Gasteiger partial charge on any atom is 0.0449 e. The zero-order valence-electron chi connectivity index (χ0n) is 14.2. The number of hydrogen-bond acceptors (Lipinski definition) is 2. The molecule has 1 unspecified atom stereocenters. The van der Waals surface area contributed by atoms with Crippen LogP contribution in [0.5, 0.6) is 0 Å². The van der Waals surface area contributed by atoms with Crippen LogP contribution in [0.2, 0.25) is 0 Å². The second-order valence-corrected chi connectivity index (χ2v) is 6.20. The summed E-state index contributed by atoms with van der Waals surface area (Å²) in [6.07, 6.45) is 0. The molecule has 0 heterocycles. The summed E-state index contributed by atoms with van der Waals surface area (Å²) in [5, 5.41) is 3.64. The van der Waals surface area contributed by atoms with E-state index in [1.165, 1.54) is 23.2 Å². The molecule has 1 aromatic rings. The molecule has 0 aliphatic heterocycles. The predicted molar refractivity (Wildman–Crippen MR) is 89.3 cm³/mol. The molecule has 0 spiro atoms. The first-order chi connectivity index (χ1) is 9.47. The van der Waals surface area contributed by atoms with Crippen LogP contribution in [0.15, 0.2) is 18.2 Å². The Morgan fingerprint density at radius 1 is 1.05 bits per heavy atom. The number of likely N-dealkylation sites (N-methyl/N-ethyl adjacent to an activating group) is 2.